The monoisotopic (exact) mass is 254 g/mol. The Morgan fingerprint density at radius 2 is 1.95 bits per heavy atom. The van der Waals surface area contributed by atoms with Crippen molar-refractivity contribution in [1.29, 1.82) is 0 Å². The molecule has 0 radical (unpaired) electrons. The highest BCUT2D eigenvalue weighted by molar-refractivity contribution is 5.84. The van der Waals surface area contributed by atoms with E-state index in [1.165, 1.54) is 0 Å². The molecule has 2 aromatic carbocycles. The summed E-state index contributed by atoms with van der Waals surface area (Å²) in [5.74, 6) is 3.43. The number of terminal acetylenes is 1. The van der Waals surface area contributed by atoms with Gasteiger partial charge in [-0.3, -0.25) is 0 Å². The second-order valence-corrected chi connectivity index (χ2v) is 4.58. The molecule has 2 heteroatoms. The topological polar surface area (TPSA) is 29.5 Å². The van der Waals surface area contributed by atoms with Crippen LogP contribution < -0.4 is 4.74 Å². The van der Waals surface area contributed by atoms with Gasteiger partial charge >= 0.3 is 0 Å². The quantitative estimate of drug-likeness (QED) is 0.651. The average molecular weight is 254 g/mol. The Labute approximate surface area is 114 Å². The number of benzene rings is 2. The molecule has 0 aliphatic carbocycles. The van der Waals surface area contributed by atoms with E-state index in [1.807, 2.05) is 36.4 Å². The van der Waals surface area contributed by atoms with E-state index in [9.17, 15) is 5.11 Å². The molecule has 0 aliphatic heterocycles. The van der Waals surface area contributed by atoms with Crippen LogP contribution in [-0.4, -0.2) is 12.2 Å². The van der Waals surface area contributed by atoms with E-state index in [4.69, 9.17) is 11.2 Å². The molecule has 2 nitrogen and oxygen atoms in total. The summed E-state index contributed by atoms with van der Waals surface area (Å²) in [6.07, 6.45) is 7.02. The summed E-state index contributed by atoms with van der Waals surface area (Å²) in [6.45, 7) is 0. The molecule has 1 atom stereocenters. The van der Waals surface area contributed by atoms with Crippen molar-refractivity contribution >= 4 is 10.8 Å². The Balaban J connectivity index is 2.19. The molecule has 0 aromatic heterocycles. The summed E-state index contributed by atoms with van der Waals surface area (Å²) in [5, 5.41) is 12.3. The third kappa shape index (κ3) is 3.27. The average Bonchev–Trinajstić information content (AvgIpc) is 2.46. The molecule has 0 heterocycles. The van der Waals surface area contributed by atoms with E-state index in [-0.39, 0.29) is 0 Å². The number of methoxy groups -OCH3 is 1. The highest BCUT2D eigenvalue weighted by Gasteiger charge is 2.08. The molecule has 2 rings (SSSR count). The maximum absolute atomic E-state index is 10.1. The van der Waals surface area contributed by atoms with E-state index in [2.05, 4.69) is 5.92 Å². The van der Waals surface area contributed by atoms with Crippen LogP contribution in [0.1, 0.15) is 30.9 Å². The Morgan fingerprint density at radius 3 is 2.68 bits per heavy atom. The van der Waals surface area contributed by atoms with Crippen LogP contribution in [0.3, 0.4) is 0 Å². The lowest BCUT2D eigenvalue weighted by Crippen LogP contribution is -1.97. The molecule has 0 fully saturated rings. The zero-order chi connectivity index (χ0) is 13.7. The summed E-state index contributed by atoms with van der Waals surface area (Å²) < 4.78 is 5.20. The number of hydrogen-bond acceptors (Lipinski definition) is 2. The van der Waals surface area contributed by atoms with Gasteiger partial charge in [-0.15, -0.1) is 12.3 Å². The van der Waals surface area contributed by atoms with Crippen LogP contribution in [0.4, 0.5) is 0 Å². The summed E-state index contributed by atoms with van der Waals surface area (Å²) in [4.78, 5) is 0. The van der Waals surface area contributed by atoms with Gasteiger partial charge in [0.2, 0.25) is 0 Å². The van der Waals surface area contributed by atoms with Gasteiger partial charge in [0, 0.05) is 6.42 Å². The van der Waals surface area contributed by atoms with Crippen LogP contribution in [0.25, 0.3) is 10.8 Å². The van der Waals surface area contributed by atoms with E-state index in [1.54, 1.807) is 7.11 Å². The van der Waals surface area contributed by atoms with Gasteiger partial charge in [0.25, 0.3) is 0 Å². The van der Waals surface area contributed by atoms with Crippen LogP contribution in [0.2, 0.25) is 0 Å². The van der Waals surface area contributed by atoms with Gasteiger partial charge < -0.3 is 9.84 Å². The number of fused-ring (bicyclic) bond motifs is 1. The molecule has 0 saturated heterocycles. The number of aliphatic hydroxyl groups excluding tert-OH is 1. The fourth-order valence-electron chi connectivity index (χ4n) is 2.14. The minimum absolute atomic E-state index is 0.445. The normalized spacial score (nSPS) is 12.1. The van der Waals surface area contributed by atoms with Gasteiger partial charge in [0.15, 0.2) is 0 Å². The van der Waals surface area contributed by atoms with E-state index in [0.717, 1.165) is 28.5 Å². The zero-order valence-corrected chi connectivity index (χ0v) is 11.1. The Bertz CT molecular complexity index is 596. The first-order chi connectivity index (χ1) is 9.24. The van der Waals surface area contributed by atoms with Crippen LogP contribution in [-0.2, 0) is 0 Å². The van der Waals surface area contributed by atoms with Crippen molar-refractivity contribution in [3.63, 3.8) is 0 Å². The van der Waals surface area contributed by atoms with Crippen molar-refractivity contribution < 1.29 is 9.84 Å². The number of aliphatic hydroxyl groups is 1. The molecule has 0 bridgehead atoms. The van der Waals surface area contributed by atoms with Gasteiger partial charge in [0.05, 0.1) is 13.2 Å². The van der Waals surface area contributed by atoms with Crippen LogP contribution >= 0.6 is 0 Å². The van der Waals surface area contributed by atoms with Gasteiger partial charge in [-0.05, 0) is 47.4 Å². The zero-order valence-electron chi connectivity index (χ0n) is 11.1. The Kier molecular flexibility index (Phi) is 4.43. The van der Waals surface area contributed by atoms with Crippen LogP contribution in [0, 0.1) is 12.3 Å². The first kappa shape index (κ1) is 13.5. The van der Waals surface area contributed by atoms with Gasteiger partial charge in [0.1, 0.15) is 5.75 Å². The van der Waals surface area contributed by atoms with Crippen molar-refractivity contribution in [2.75, 3.05) is 7.11 Å². The van der Waals surface area contributed by atoms with Crippen molar-refractivity contribution in [3.8, 4) is 18.1 Å². The number of ether oxygens (including phenoxy) is 1. The van der Waals surface area contributed by atoms with Gasteiger partial charge in [-0.25, -0.2) is 0 Å². The molecule has 0 saturated carbocycles. The molecule has 98 valence electrons. The van der Waals surface area contributed by atoms with Crippen molar-refractivity contribution in [2.24, 2.45) is 0 Å². The first-order valence-corrected chi connectivity index (χ1v) is 6.44. The lowest BCUT2D eigenvalue weighted by molar-refractivity contribution is 0.165. The molecule has 0 aliphatic rings. The molecule has 2 aromatic rings. The fourth-order valence-corrected chi connectivity index (χ4v) is 2.14. The second-order valence-electron chi connectivity index (χ2n) is 4.58. The Hall–Kier alpha value is -1.98. The third-order valence-electron chi connectivity index (χ3n) is 3.25. The van der Waals surface area contributed by atoms with Crippen molar-refractivity contribution in [2.45, 2.75) is 25.4 Å². The SMILES string of the molecule is C#CCCCC(O)c1ccc2cc(OC)ccc2c1. The second kappa shape index (κ2) is 6.26. The molecular formula is C17H18O2. The maximum Gasteiger partial charge on any atom is 0.119 e. The first-order valence-electron chi connectivity index (χ1n) is 6.44. The maximum atomic E-state index is 10.1. The predicted molar refractivity (Wildman–Crippen MR) is 78.1 cm³/mol. The number of hydrogen-bond donors (Lipinski definition) is 1. The third-order valence-corrected chi connectivity index (χ3v) is 3.25. The largest absolute Gasteiger partial charge is 0.497 e. The molecular weight excluding hydrogens is 236 g/mol. The summed E-state index contributed by atoms with van der Waals surface area (Å²) in [7, 11) is 1.66. The smallest absolute Gasteiger partial charge is 0.119 e. The van der Waals surface area contributed by atoms with Gasteiger partial charge in [-0.2, -0.15) is 0 Å². The number of unbranched alkanes of at least 4 members (excludes halogenated alkanes) is 1. The minimum atomic E-state index is -0.445. The lowest BCUT2D eigenvalue weighted by atomic mass is 10.00. The standard InChI is InChI=1S/C17H18O2/c1-3-4-5-6-17(18)15-8-7-14-12-16(19-2)10-9-13(14)11-15/h1,7-12,17-18H,4-6H2,2H3. The fraction of sp³-hybridized carbons (Fsp3) is 0.294. The van der Waals surface area contributed by atoms with Crippen molar-refractivity contribution in [1.82, 2.24) is 0 Å². The van der Waals surface area contributed by atoms with Crippen LogP contribution in [0.15, 0.2) is 36.4 Å². The van der Waals surface area contributed by atoms with Crippen molar-refractivity contribution in [3.05, 3.63) is 42.0 Å². The summed E-state index contributed by atoms with van der Waals surface area (Å²) in [6, 6.07) is 11.9. The molecule has 0 spiro atoms. The summed E-state index contributed by atoms with van der Waals surface area (Å²) >= 11 is 0. The van der Waals surface area contributed by atoms with Gasteiger partial charge in [-0.1, -0.05) is 18.2 Å². The molecule has 1 unspecified atom stereocenters. The molecule has 0 amide bonds. The lowest BCUT2D eigenvalue weighted by Gasteiger charge is -2.11. The van der Waals surface area contributed by atoms with E-state index < -0.39 is 6.10 Å². The van der Waals surface area contributed by atoms with E-state index in [0.29, 0.717) is 12.8 Å². The van der Waals surface area contributed by atoms with E-state index >= 15 is 0 Å². The predicted octanol–water partition coefficient (Wildman–Crippen LogP) is 3.69. The minimum Gasteiger partial charge on any atom is -0.497 e. The van der Waals surface area contributed by atoms with Crippen LogP contribution in [0.5, 0.6) is 5.75 Å². The Morgan fingerprint density at radius 1 is 1.21 bits per heavy atom. The number of rotatable bonds is 5. The highest BCUT2D eigenvalue weighted by atomic mass is 16.5. The molecule has 19 heavy (non-hydrogen) atoms. The highest BCUT2D eigenvalue weighted by Crippen LogP contribution is 2.26. The molecule has 1 N–H and O–H groups in total. The summed E-state index contributed by atoms with van der Waals surface area (Å²) in [5.41, 5.74) is 0.940.